The summed E-state index contributed by atoms with van der Waals surface area (Å²) < 4.78 is 1.63. The molecule has 0 bridgehead atoms. The van der Waals surface area contributed by atoms with Gasteiger partial charge in [-0.1, -0.05) is 24.8 Å². The smallest absolute Gasteiger partial charge is 0.238 e. The molecule has 10 heteroatoms. The largest absolute Gasteiger partial charge is 0.353 e. The molecular formula is C19H19N7O2S. The summed E-state index contributed by atoms with van der Waals surface area (Å²) in [5.74, 6) is 0.825. The van der Waals surface area contributed by atoms with Gasteiger partial charge in [-0.3, -0.25) is 14.3 Å². The molecule has 0 atom stereocenters. The summed E-state index contributed by atoms with van der Waals surface area (Å²) in [4.78, 5) is 28.2. The second-order valence-electron chi connectivity index (χ2n) is 6.91. The summed E-state index contributed by atoms with van der Waals surface area (Å²) in [6, 6.07) is 7.25. The Morgan fingerprint density at radius 1 is 1.21 bits per heavy atom. The average Bonchev–Trinajstić information content (AvgIpc) is 3.45. The molecule has 0 unspecified atom stereocenters. The number of aryl methyl sites for hydroxylation is 1. The summed E-state index contributed by atoms with van der Waals surface area (Å²) in [5.41, 5.74) is 2.98. The number of aromatic nitrogens is 5. The lowest BCUT2D eigenvalue weighted by molar-refractivity contribution is -0.117. The Labute approximate surface area is 172 Å². The fourth-order valence-corrected chi connectivity index (χ4v) is 3.07. The third-order valence-electron chi connectivity index (χ3n) is 4.64. The fraction of sp³-hybridized carbons (Fsp3) is 0.263. The van der Waals surface area contributed by atoms with Crippen LogP contribution in [0, 0.1) is 12.8 Å². The van der Waals surface area contributed by atoms with Gasteiger partial charge in [0, 0.05) is 30.3 Å². The lowest BCUT2D eigenvalue weighted by Gasteiger charge is -2.14. The normalized spacial score (nSPS) is 13.2. The second kappa shape index (κ2) is 7.63. The monoisotopic (exact) mass is 409 g/mol. The van der Waals surface area contributed by atoms with Crippen molar-refractivity contribution in [2.24, 2.45) is 13.0 Å². The SMILES string of the molecule is Cc1c(Nc2cc(NC(=O)C3CC3)nnc2C(=O)S)cccc1-c1ncn(C)n1. The van der Waals surface area contributed by atoms with Crippen LogP contribution in [0.4, 0.5) is 17.2 Å². The van der Waals surface area contributed by atoms with Gasteiger partial charge in [-0.2, -0.15) is 5.10 Å². The van der Waals surface area contributed by atoms with Crippen LogP contribution in [0.3, 0.4) is 0 Å². The summed E-state index contributed by atoms with van der Waals surface area (Å²) in [7, 11) is 1.80. The number of nitrogens with zero attached hydrogens (tertiary/aromatic N) is 5. The number of anilines is 3. The van der Waals surface area contributed by atoms with Crippen molar-refractivity contribution >= 4 is 40.8 Å². The molecule has 29 heavy (non-hydrogen) atoms. The Kier molecular flexibility index (Phi) is 5.01. The van der Waals surface area contributed by atoms with Gasteiger partial charge in [-0.25, -0.2) is 4.98 Å². The molecule has 1 aliphatic carbocycles. The Bertz CT molecular complexity index is 1110. The third kappa shape index (κ3) is 4.11. The van der Waals surface area contributed by atoms with Gasteiger partial charge in [0.25, 0.3) is 0 Å². The third-order valence-corrected chi connectivity index (χ3v) is 4.85. The van der Waals surface area contributed by atoms with Crippen molar-refractivity contribution < 1.29 is 9.59 Å². The molecule has 2 N–H and O–H groups in total. The first-order valence-electron chi connectivity index (χ1n) is 9.07. The van der Waals surface area contributed by atoms with E-state index in [1.54, 1.807) is 24.1 Å². The molecule has 0 aliphatic heterocycles. The number of carbonyl (C=O) groups is 2. The van der Waals surface area contributed by atoms with Gasteiger partial charge in [-0.15, -0.1) is 10.2 Å². The highest BCUT2D eigenvalue weighted by Gasteiger charge is 2.30. The van der Waals surface area contributed by atoms with Crippen molar-refractivity contribution in [3.63, 3.8) is 0 Å². The van der Waals surface area contributed by atoms with Crippen LogP contribution in [0.1, 0.15) is 28.9 Å². The molecule has 2 aromatic heterocycles. The van der Waals surface area contributed by atoms with E-state index in [0.29, 0.717) is 11.5 Å². The summed E-state index contributed by atoms with van der Waals surface area (Å²) in [6.07, 6.45) is 3.39. The summed E-state index contributed by atoms with van der Waals surface area (Å²) in [6.45, 7) is 1.93. The standard InChI is InChI=1S/C19H19N7O2S/c1-10-12(17-20-9-26(2)25-17)4-3-5-13(10)21-14-8-15(22-18(27)11-6-7-11)23-24-16(14)19(28)29/h3-5,8-9,11H,6-7H2,1-2H3,(H,28,29)(H2,21,22,23,27). The first-order valence-corrected chi connectivity index (χ1v) is 9.51. The van der Waals surface area contributed by atoms with Crippen molar-refractivity contribution in [2.45, 2.75) is 19.8 Å². The molecule has 1 aromatic carbocycles. The Morgan fingerprint density at radius 2 is 2.00 bits per heavy atom. The van der Waals surface area contributed by atoms with E-state index in [4.69, 9.17) is 0 Å². The van der Waals surface area contributed by atoms with Crippen LogP contribution in [0.15, 0.2) is 30.6 Å². The minimum atomic E-state index is -0.528. The second-order valence-corrected chi connectivity index (χ2v) is 7.31. The molecule has 1 amide bonds. The lowest BCUT2D eigenvalue weighted by atomic mass is 10.1. The van der Waals surface area contributed by atoms with Crippen LogP contribution >= 0.6 is 12.6 Å². The zero-order valence-electron chi connectivity index (χ0n) is 15.9. The molecule has 0 radical (unpaired) electrons. The number of benzene rings is 1. The number of rotatable bonds is 6. The maximum Gasteiger partial charge on any atom is 0.238 e. The molecule has 2 heterocycles. The lowest BCUT2D eigenvalue weighted by Crippen LogP contribution is -2.16. The van der Waals surface area contributed by atoms with E-state index >= 15 is 0 Å². The highest BCUT2D eigenvalue weighted by atomic mass is 32.1. The van der Waals surface area contributed by atoms with E-state index in [1.165, 1.54) is 0 Å². The maximum absolute atomic E-state index is 12.0. The number of hydrogen-bond acceptors (Lipinski definition) is 7. The minimum absolute atomic E-state index is 0.0317. The van der Waals surface area contributed by atoms with Crippen LogP contribution in [0.25, 0.3) is 11.4 Å². The number of amides is 1. The maximum atomic E-state index is 12.0. The van der Waals surface area contributed by atoms with Crippen molar-refractivity contribution in [2.75, 3.05) is 10.6 Å². The minimum Gasteiger partial charge on any atom is -0.353 e. The summed E-state index contributed by atoms with van der Waals surface area (Å²) >= 11 is 3.89. The van der Waals surface area contributed by atoms with Crippen molar-refractivity contribution in [3.8, 4) is 11.4 Å². The van der Waals surface area contributed by atoms with E-state index in [-0.39, 0.29) is 23.3 Å². The molecule has 4 rings (SSSR count). The molecule has 3 aromatic rings. The molecule has 1 fully saturated rings. The van der Waals surface area contributed by atoms with Crippen LogP contribution in [-0.4, -0.2) is 36.0 Å². The Balaban J connectivity index is 1.67. The molecule has 0 spiro atoms. The Morgan fingerprint density at radius 3 is 2.66 bits per heavy atom. The summed E-state index contributed by atoms with van der Waals surface area (Å²) in [5, 5.41) is 17.6. The van der Waals surface area contributed by atoms with Crippen molar-refractivity contribution in [1.29, 1.82) is 0 Å². The van der Waals surface area contributed by atoms with Gasteiger partial charge in [-0.05, 0) is 31.4 Å². The van der Waals surface area contributed by atoms with Gasteiger partial charge in [0.15, 0.2) is 17.3 Å². The van der Waals surface area contributed by atoms with Crippen LogP contribution < -0.4 is 10.6 Å². The van der Waals surface area contributed by atoms with E-state index in [9.17, 15) is 9.59 Å². The van der Waals surface area contributed by atoms with E-state index < -0.39 is 5.12 Å². The van der Waals surface area contributed by atoms with Crippen LogP contribution in [0.5, 0.6) is 0 Å². The number of carbonyl (C=O) groups excluding carboxylic acids is 2. The van der Waals surface area contributed by atoms with Gasteiger partial charge in [0.1, 0.15) is 6.33 Å². The highest BCUT2D eigenvalue weighted by molar-refractivity contribution is 7.97. The van der Waals surface area contributed by atoms with Gasteiger partial charge >= 0.3 is 0 Å². The Hall–Kier alpha value is -3.27. The van der Waals surface area contributed by atoms with E-state index in [1.807, 2.05) is 25.1 Å². The topological polar surface area (TPSA) is 115 Å². The predicted molar refractivity (Wildman–Crippen MR) is 111 cm³/mol. The first-order chi connectivity index (χ1) is 13.9. The molecule has 148 valence electrons. The molecule has 9 nitrogen and oxygen atoms in total. The van der Waals surface area contributed by atoms with Crippen LogP contribution in [0.2, 0.25) is 0 Å². The fourth-order valence-electron chi connectivity index (χ4n) is 2.90. The number of thiol groups is 1. The van der Waals surface area contributed by atoms with Crippen LogP contribution in [-0.2, 0) is 11.8 Å². The molecule has 0 saturated heterocycles. The number of hydrogen-bond donors (Lipinski definition) is 3. The molecular weight excluding hydrogens is 390 g/mol. The highest BCUT2D eigenvalue weighted by Crippen LogP contribution is 2.32. The van der Waals surface area contributed by atoms with Gasteiger partial charge in [0.05, 0.1) is 5.69 Å². The zero-order valence-corrected chi connectivity index (χ0v) is 16.8. The predicted octanol–water partition coefficient (Wildman–Crippen LogP) is 2.74. The van der Waals surface area contributed by atoms with Crippen molar-refractivity contribution in [1.82, 2.24) is 25.0 Å². The van der Waals surface area contributed by atoms with Gasteiger partial charge < -0.3 is 10.6 Å². The average molecular weight is 409 g/mol. The molecule has 1 saturated carbocycles. The van der Waals surface area contributed by atoms with Crippen molar-refractivity contribution in [3.05, 3.63) is 41.9 Å². The van der Waals surface area contributed by atoms with E-state index in [2.05, 4.69) is 43.5 Å². The molecule has 1 aliphatic rings. The zero-order chi connectivity index (χ0) is 20.5. The number of nitrogens with one attached hydrogen (secondary N) is 2. The van der Waals surface area contributed by atoms with Gasteiger partial charge in [0.2, 0.25) is 11.0 Å². The quantitative estimate of drug-likeness (QED) is 0.536. The first kappa shape index (κ1) is 19.1. The van der Waals surface area contributed by atoms with E-state index in [0.717, 1.165) is 29.7 Å².